The fourth-order valence-electron chi connectivity index (χ4n) is 1.08. The number of aliphatic hydroxyl groups excluding tert-OH is 1. The third-order valence-electron chi connectivity index (χ3n) is 1.76. The van der Waals surface area contributed by atoms with Crippen molar-refractivity contribution in [3.8, 4) is 0 Å². The molecule has 3 N–H and O–H groups in total. The van der Waals surface area contributed by atoms with Gasteiger partial charge in [0.2, 0.25) is 0 Å². The van der Waals surface area contributed by atoms with E-state index in [9.17, 15) is 9.50 Å². The molecular formula is C9H11BrFNO. The molecule has 0 amide bonds. The zero-order chi connectivity index (χ0) is 9.84. The summed E-state index contributed by atoms with van der Waals surface area (Å²) < 4.78 is 13.9. The first-order valence-electron chi connectivity index (χ1n) is 3.98. The predicted octanol–water partition coefficient (Wildman–Crippen LogP) is 1.97. The van der Waals surface area contributed by atoms with Crippen LogP contribution in [-0.4, -0.2) is 11.7 Å². The highest BCUT2D eigenvalue weighted by molar-refractivity contribution is 9.10. The van der Waals surface area contributed by atoms with Crippen LogP contribution in [-0.2, 0) is 0 Å². The fourth-order valence-corrected chi connectivity index (χ4v) is 1.46. The Morgan fingerprint density at radius 1 is 1.54 bits per heavy atom. The summed E-state index contributed by atoms with van der Waals surface area (Å²) in [6, 6.07) is 4.48. The van der Waals surface area contributed by atoms with Gasteiger partial charge in [-0.05, 0) is 31.2 Å². The Morgan fingerprint density at radius 2 is 2.23 bits per heavy atom. The molecule has 1 aromatic carbocycles. The molecule has 0 aliphatic heterocycles. The predicted molar refractivity (Wildman–Crippen MR) is 52.7 cm³/mol. The molecule has 0 unspecified atom stereocenters. The summed E-state index contributed by atoms with van der Waals surface area (Å²) in [5, 5.41) is 9.48. The van der Waals surface area contributed by atoms with Crippen LogP contribution in [0.1, 0.15) is 18.1 Å². The Hall–Kier alpha value is -0.450. The van der Waals surface area contributed by atoms with Gasteiger partial charge >= 0.3 is 0 Å². The SMILES string of the molecule is NCC[C@@H](O)c1cc(Br)ccc1F. The molecule has 0 aliphatic carbocycles. The summed E-state index contributed by atoms with van der Waals surface area (Å²) in [5.41, 5.74) is 5.55. The Balaban J connectivity index is 2.91. The molecule has 13 heavy (non-hydrogen) atoms. The monoisotopic (exact) mass is 247 g/mol. The molecule has 0 aliphatic rings. The molecule has 0 saturated carbocycles. The third kappa shape index (κ3) is 2.76. The molecule has 72 valence electrons. The number of benzene rings is 1. The number of aliphatic hydroxyl groups is 1. The maximum Gasteiger partial charge on any atom is 0.129 e. The van der Waals surface area contributed by atoms with Gasteiger partial charge < -0.3 is 10.8 Å². The smallest absolute Gasteiger partial charge is 0.129 e. The molecule has 0 bridgehead atoms. The van der Waals surface area contributed by atoms with E-state index in [0.717, 1.165) is 4.47 Å². The summed E-state index contributed by atoms with van der Waals surface area (Å²) in [7, 11) is 0. The summed E-state index contributed by atoms with van der Waals surface area (Å²) in [6.45, 7) is 0.340. The molecule has 0 fully saturated rings. The van der Waals surface area contributed by atoms with Crippen LogP contribution in [0, 0.1) is 5.82 Å². The number of hydrogen-bond donors (Lipinski definition) is 2. The highest BCUT2D eigenvalue weighted by Gasteiger charge is 2.11. The number of rotatable bonds is 3. The lowest BCUT2D eigenvalue weighted by Crippen LogP contribution is -2.08. The number of halogens is 2. The highest BCUT2D eigenvalue weighted by atomic mass is 79.9. The summed E-state index contributed by atoms with van der Waals surface area (Å²) >= 11 is 3.21. The molecule has 0 saturated heterocycles. The van der Waals surface area contributed by atoms with Crippen molar-refractivity contribution in [1.29, 1.82) is 0 Å². The Bertz CT molecular complexity index is 293. The lowest BCUT2D eigenvalue weighted by atomic mass is 10.1. The molecule has 1 rings (SSSR count). The largest absolute Gasteiger partial charge is 0.388 e. The first-order chi connectivity index (χ1) is 6.15. The van der Waals surface area contributed by atoms with Crippen LogP contribution in [0.3, 0.4) is 0 Å². The normalized spacial score (nSPS) is 12.9. The standard InChI is InChI=1S/C9H11BrFNO/c10-6-1-2-8(11)7(5-6)9(13)3-4-12/h1-2,5,9,13H,3-4,12H2/t9-/m1/s1. The van der Waals surface area contributed by atoms with Crippen molar-refractivity contribution in [3.05, 3.63) is 34.1 Å². The van der Waals surface area contributed by atoms with E-state index in [1.165, 1.54) is 6.07 Å². The summed E-state index contributed by atoms with van der Waals surface area (Å²) in [6.07, 6.45) is -0.449. The summed E-state index contributed by atoms with van der Waals surface area (Å²) in [4.78, 5) is 0. The quantitative estimate of drug-likeness (QED) is 0.858. The van der Waals surface area contributed by atoms with Gasteiger partial charge in [0.25, 0.3) is 0 Å². The Morgan fingerprint density at radius 3 is 2.85 bits per heavy atom. The summed E-state index contributed by atoms with van der Waals surface area (Å²) in [5.74, 6) is -0.399. The van der Waals surface area contributed by atoms with Crippen molar-refractivity contribution in [2.24, 2.45) is 5.73 Å². The van der Waals surface area contributed by atoms with Crippen molar-refractivity contribution >= 4 is 15.9 Å². The van der Waals surface area contributed by atoms with Crippen LogP contribution >= 0.6 is 15.9 Å². The van der Waals surface area contributed by atoms with E-state index in [1.54, 1.807) is 12.1 Å². The number of hydrogen-bond acceptors (Lipinski definition) is 2. The van der Waals surface area contributed by atoms with E-state index in [-0.39, 0.29) is 0 Å². The zero-order valence-corrected chi connectivity index (χ0v) is 8.59. The number of nitrogens with two attached hydrogens (primary N) is 1. The minimum absolute atomic E-state index is 0.292. The maximum atomic E-state index is 13.1. The van der Waals surface area contributed by atoms with E-state index in [4.69, 9.17) is 5.73 Å². The molecule has 0 heterocycles. The van der Waals surface area contributed by atoms with Gasteiger partial charge in [0.1, 0.15) is 5.82 Å². The van der Waals surface area contributed by atoms with Gasteiger partial charge in [-0.25, -0.2) is 4.39 Å². The van der Waals surface area contributed by atoms with Crippen molar-refractivity contribution in [2.45, 2.75) is 12.5 Å². The molecule has 2 nitrogen and oxygen atoms in total. The van der Waals surface area contributed by atoms with Crippen LogP contribution in [0.4, 0.5) is 4.39 Å². The second kappa shape index (κ2) is 4.69. The molecular weight excluding hydrogens is 237 g/mol. The third-order valence-corrected chi connectivity index (χ3v) is 2.25. The lowest BCUT2D eigenvalue weighted by molar-refractivity contribution is 0.165. The molecule has 0 radical (unpaired) electrons. The van der Waals surface area contributed by atoms with Gasteiger partial charge in [-0.15, -0.1) is 0 Å². The fraction of sp³-hybridized carbons (Fsp3) is 0.333. The lowest BCUT2D eigenvalue weighted by Gasteiger charge is -2.10. The highest BCUT2D eigenvalue weighted by Crippen LogP contribution is 2.23. The van der Waals surface area contributed by atoms with Crippen LogP contribution < -0.4 is 5.73 Å². The van der Waals surface area contributed by atoms with Gasteiger partial charge in [-0.1, -0.05) is 15.9 Å². The molecule has 1 atom stereocenters. The Labute approximate surface area is 84.7 Å². The van der Waals surface area contributed by atoms with Gasteiger partial charge in [-0.3, -0.25) is 0 Å². The zero-order valence-electron chi connectivity index (χ0n) is 7.00. The Kier molecular flexibility index (Phi) is 3.84. The minimum Gasteiger partial charge on any atom is -0.388 e. The van der Waals surface area contributed by atoms with Crippen molar-refractivity contribution < 1.29 is 9.50 Å². The second-order valence-corrected chi connectivity index (χ2v) is 3.67. The molecule has 1 aromatic rings. The van der Waals surface area contributed by atoms with Crippen molar-refractivity contribution in [2.75, 3.05) is 6.54 Å². The van der Waals surface area contributed by atoms with E-state index >= 15 is 0 Å². The van der Waals surface area contributed by atoms with Crippen LogP contribution in [0.25, 0.3) is 0 Å². The van der Waals surface area contributed by atoms with Gasteiger partial charge in [0.15, 0.2) is 0 Å². The van der Waals surface area contributed by atoms with E-state index in [2.05, 4.69) is 15.9 Å². The van der Waals surface area contributed by atoms with Crippen LogP contribution in [0.5, 0.6) is 0 Å². The minimum atomic E-state index is -0.817. The van der Waals surface area contributed by atoms with Crippen molar-refractivity contribution in [1.82, 2.24) is 0 Å². The van der Waals surface area contributed by atoms with Gasteiger partial charge in [0.05, 0.1) is 6.10 Å². The molecule has 0 aromatic heterocycles. The second-order valence-electron chi connectivity index (χ2n) is 2.76. The van der Waals surface area contributed by atoms with E-state index in [0.29, 0.717) is 18.5 Å². The topological polar surface area (TPSA) is 46.2 Å². The molecule has 4 heteroatoms. The van der Waals surface area contributed by atoms with Crippen LogP contribution in [0.15, 0.2) is 22.7 Å². The van der Waals surface area contributed by atoms with Crippen LogP contribution in [0.2, 0.25) is 0 Å². The van der Waals surface area contributed by atoms with Gasteiger partial charge in [-0.2, -0.15) is 0 Å². The van der Waals surface area contributed by atoms with E-state index < -0.39 is 11.9 Å². The maximum absolute atomic E-state index is 13.1. The average Bonchev–Trinajstić information content (AvgIpc) is 2.09. The first-order valence-corrected chi connectivity index (χ1v) is 4.77. The average molecular weight is 248 g/mol. The van der Waals surface area contributed by atoms with Crippen molar-refractivity contribution in [3.63, 3.8) is 0 Å². The first kappa shape index (κ1) is 10.6. The van der Waals surface area contributed by atoms with Gasteiger partial charge in [0, 0.05) is 10.0 Å². The van der Waals surface area contributed by atoms with E-state index in [1.807, 2.05) is 0 Å². The molecule has 0 spiro atoms.